The fourth-order valence-corrected chi connectivity index (χ4v) is 5.35. The number of nitrogens with zero attached hydrogens (tertiary/aromatic N) is 2. The lowest BCUT2D eigenvalue weighted by Crippen LogP contribution is -2.45. The Labute approximate surface area is 148 Å². The molecule has 138 valence electrons. The third-order valence-corrected chi connectivity index (χ3v) is 6.92. The van der Waals surface area contributed by atoms with Crippen molar-refractivity contribution in [3.63, 3.8) is 0 Å². The van der Waals surface area contributed by atoms with Crippen LogP contribution in [0.15, 0.2) is 29.2 Å². The molecule has 3 saturated heterocycles. The van der Waals surface area contributed by atoms with E-state index in [1.807, 2.05) is 0 Å². The molecular formula is C17H24N2O5S. The minimum atomic E-state index is -3.70. The molecule has 3 aliphatic rings. The van der Waals surface area contributed by atoms with Gasteiger partial charge in [-0.05, 0) is 37.0 Å². The SMILES string of the molecule is COCCN1C[C@H]2CC[C@@H]1CN(S(=O)(=O)c1cccc(C(=O)O)c1)C2. The molecule has 3 aliphatic heterocycles. The Morgan fingerprint density at radius 2 is 2.08 bits per heavy atom. The summed E-state index contributed by atoms with van der Waals surface area (Å²) >= 11 is 0. The van der Waals surface area contributed by atoms with Crippen LogP contribution in [0, 0.1) is 5.92 Å². The molecule has 2 atom stereocenters. The van der Waals surface area contributed by atoms with Gasteiger partial charge in [0, 0.05) is 39.3 Å². The van der Waals surface area contributed by atoms with Gasteiger partial charge in [0.05, 0.1) is 17.1 Å². The number of fused-ring (bicyclic) bond motifs is 4. The quantitative estimate of drug-likeness (QED) is 0.810. The van der Waals surface area contributed by atoms with Crippen molar-refractivity contribution in [2.24, 2.45) is 5.92 Å². The zero-order valence-electron chi connectivity index (χ0n) is 14.3. The van der Waals surface area contributed by atoms with Gasteiger partial charge in [-0.1, -0.05) is 6.07 Å². The van der Waals surface area contributed by atoms with E-state index in [0.29, 0.717) is 25.6 Å². The smallest absolute Gasteiger partial charge is 0.335 e. The molecule has 1 N–H and O–H groups in total. The van der Waals surface area contributed by atoms with E-state index in [0.717, 1.165) is 25.9 Å². The summed E-state index contributed by atoms with van der Waals surface area (Å²) in [6.45, 7) is 3.26. The number of ether oxygens (including phenoxy) is 1. The highest BCUT2D eigenvalue weighted by Crippen LogP contribution is 2.31. The molecular weight excluding hydrogens is 344 g/mol. The Morgan fingerprint density at radius 1 is 1.28 bits per heavy atom. The van der Waals surface area contributed by atoms with Gasteiger partial charge in [-0.2, -0.15) is 4.31 Å². The molecule has 0 aromatic heterocycles. The third-order valence-electron chi connectivity index (χ3n) is 5.09. The molecule has 1 aromatic rings. The number of hydrogen-bond acceptors (Lipinski definition) is 5. The van der Waals surface area contributed by atoms with Crippen LogP contribution in [0.4, 0.5) is 0 Å². The number of carboxylic acid groups (broad SMARTS) is 1. The number of piperidine rings is 1. The van der Waals surface area contributed by atoms with Gasteiger partial charge < -0.3 is 9.84 Å². The summed E-state index contributed by atoms with van der Waals surface area (Å²) in [5.74, 6) is -0.827. The van der Waals surface area contributed by atoms with Crippen LogP contribution in [-0.2, 0) is 14.8 Å². The summed E-state index contributed by atoms with van der Waals surface area (Å²) in [5.41, 5.74) is -0.0133. The van der Waals surface area contributed by atoms with Crippen LogP contribution in [0.1, 0.15) is 23.2 Å². The molecule has 0 aliphatic carbocycles. The van der Waals surface area contributed by atoms with Crippen molar-refractivity contribution in [3.05, 3.63) is 29.8 Å². The number of aromatic carboxylic acids is 1. The lowest BCUT2D eigenvalue weighted by molar-refractivity contribution is 0.0696. The van der Waals surface area contributed by atoms with E-state index < -0.39 is 16.0 Å². The predicted octanol–water partition coefficient (Wildman–Crippen LogP) is 1.12. The van der Waals surface area contributed by atoms with E-state index in [1.54, 1.807) is 7.11 Å². The molecule has 4 rings (SSSR count). The predicted molar refractivity (Wildman–Crippen MR) is 92.1 cm³/mol. The van der Waals surface area contributed by atoms with Crippen molar-refractivity contribution >= 4 is 16.0 Å². The van der Waals surface area contributed by atoms with Crippen LogP contribution in [0.2, 0.25) is 0 Å². The number of carbonyl (C=O) groups is 1. The molecule has 25 heavy (non-hydrogen) atoms. The number of sulfonamides is 1. The van der Waals surface area contributed by atoms with Gasteiger partial charge in [0.15, 0.2) is 0 Å². The average Bonchev–Trinajstić information content (AvgIpc) is 2.92. The second-order valence-electron chi connectivity index (χ2n) is 6.74. The minimum Gasteiger partial charge on any atom is -0.478 e. The van der Waals surface area contributed by atoms with E-state index in [2.05, 4.69) is 4.90 Å². The molecule has 0 radical (unpaired) electrons. The van der Waals surface area contributed by atoms with E-state index in [1.165, 1.54) is 28.6 Å². The Balaban J connectivity index is 1.84. The van der Waals surface area contributed by atoms with Crippen molar-refractivity contribution in [3.8, 4) is 0 Å². The first-order valence-corrected chi connectivity index (χ1v) is 9.92. The van der Waals surface area contributed by atoms with Gasteiger partial charge in [0.25, 0.3) is 0 Å². The number of carboxylic acids is 1. The number of hydrogen-bond donors (Lipinski definition) is 1. The summed E-state index contributed by atoms with van der Waals surface area (Å²) in [4.78, 5) is 13.5. The molecule has 2 bridgehead atoms. The second-order valence-corrected chi connectivity index (χ2v) is 8.68. The Morgan fingerprint density at radius 3 is 2.80 bits per heavy atom. The zero-order valence-corrected chi connectivity index (χ0v) is 15.1. The lowest BCUT2D eigenvalue weighted by Gasteiger charge is -2.35. The lowest BCUT2D eigenvalue weighted by atomic mass is 9.95. The normalized spacial score (nSPS) is 25.0. The van der Waals surface area contributed by atoms with Crippen molar-refractivity contribution in [2.45, 2.75) is 23.8 Å². The molecule has 0 amide bonds. The molecule has 0 spiro atoms. The third kappa shape index (κ3) is 3.87. The van der Waals surface area contributed by atoms with Crippen LogP contribution in [0.5, 0.6) is 0 Å². The summed E-state index contributed by atoms with van der Waals surface area (Å²) in [7, 11) is -2.03. The largest absolute Gasteiger partial charge is 0.478 e. The molecule has 3 fully saturated rings. The number of benzene rings is 1. The fraction of sp³-hybridized carbons (Fsp3) is 0.588. The van der Waals surface area contributed by atoms with Crippen LogP contribution in [0.25, 0.3) is 0 Å². The van der Waals surface area contributed by atoms with Gasteiger partial charge in [0.1, 0.15) is 0 Å². The molecule has 0 unspecified atom stereocenters. The Bertz CT molecular complexity index is 736. The van der Waals surface area contributed by atoms with Gasteiger partial charge >= 0.3 is 5.97 Å². The summed E-state index contributed by atoms with van der Waals surface area (Å²) in [6.07, 6.45) is 2.00. The van der Waals surface area contributed by atoms with E-state index in [-0.39, 0.29) is 16.5 Å². The highest BCUT2D eigenvalue weighted by Gasteiger charge is 2.39. The van der Waals surface area contributed by atoms with Crippen molar-refractivity contribution < 1.29 is 23.1 Å². The number of rotatable bonds is 6. The molecule has 7 nitrogen and oxygen atoms in total. The molecule has 0 saturated carbocycles. The van der Waals surface area contributed by atoms with Crippen LogP contribution in [-0.4, -0.2) is 74.6 Å². The average molecular weight is 368 g/mol. The van der Waals surface area contributed by atoms with E-state index in [4.69, 9.17) is 9.84 Å². The minimum absolute atomic E-state index is 0.0133. The van der Waals surface area contributed by atoms with Crippen molar-refractivity contribution in [1.82, 2.24) is 9.21 Å². The van der Waals surface area contributed by atoms with E-state index in [9.17, 15) is 13.2 Å². The monoisotopic (exact) mass is 368 g/mol. The molecule has 3 heterocycles. The number of methoxy groups -OCH3 is 1. The molecule has 8 heteroatoms. The standard InChI is InChI=1S/C17H24N2O5S/c1-24-8-7-18-10-13-5-6-15(18)12-19(11-13)25(22,23)16-4-2-3-14(9-16)17(20)21/h2-4,9,13,15H,5-8,10-12H2,1H3,(H,20,21)/t13-,15-/m1/s1. The second kappa shape index (κ2) is 7.41. The van der Waals surface area contributed by atoms with Crippen LogP contribution in [0.3, 0.4) is 0 Å². The first-order chi connectivity index (χ1) is 11.9. The first-order valence-electron chi connectivity index (χ1n) is 8.48. The van der Waals surface area contributed by atoms with Crippen molar-refractivity contribution in [2.75, 3.05) is 39.9 Å². The Kier molecular flexibility index (Phi) is 5.43. The zero-order chi connectivity index (χ0) is 18.0. The van der Waals surface area contributed by atoms with Gasteiger partial charge in [0.2, 0.25) is 10.0 Å². The maximum absolute atomic E-state index is 13.0. The van der Waals surface area contributed by atoms with Gasteiger partial charge in [-0.25, -0.2) is 13.2 Å². The molecule has 1 aromatic carbocycles. The highest BCUT2D eigenvalue weighted by atomic mass is 32.2. The van der Waals surface area contributed by atoms with Gasteiger partial charge in [-0.3, -0.25) is 4.90 Å². The highest BCUT2D eigenvalue weighted by molar-refractivity contribution is 7.89. The van der Waals surface area contributed by atoms with Crippen LogP contribution >= 0.6 is 0 Å². The maximum Gasteiger partial charge on any atom is 0.335 e. The maximum atomic E-state index is 13.0. The summed E-state index contributed by atoms with van der Waals surface area (Å²) < 4.78 is 32.8. The summed E-state index contributed by atoms with van der Waals surface area (Å²) in [5, 5.41) is 9.11. The Hall–Kier alpha value is -1.48. The van der Waals surface area contributed by atoms with E-state index >= 15 is 0 Å². The first kappa shape index (κ1) is 18.3. The van der Waals surface area contributed by atoms with Crippen LogP contribution < -0.4 is 0 Å². The summed E-state index contributed by atoms with van der Waals surface area (Å²) in [6, 6.07) is 5.78. The van der Waals surface area contributed by atoms with Gasteiger partial charge in [-0.15, -0.1) is 0 Å². The fourth-order valence-electron chi connectivity index (χ4n) is 3.75. The van der Waals surface area contributed by atoms with Crippen molar-refractivity contribution in [1.29, 1.82) is 0 Å². The topological polar surface area (TPSA) is 87.2 Å².